The SMILES string of the molecule is C1=CC2CC2c2c1ccc1c2C2=CCCC=C2C1. The molecule has 4 aliphatic rings. The number of benzene rings is 1. The molecule has 1 fully saturated rings. The lowest BCUT2D eigenvalue weighted by atomic mass is 9.87. The van der Waals surface area contributed by atoms with Crippen LogP contribution in [0, 0.1) is 5.92 Å². The first-order valence-corrected chi connectivity index (χ1v) is 7.16. The highest BCUT2D eigenvalue weighted by Crippen LogP contribution is 2.57. The van der Waals surface area contributed by atoms with Crippen molar-refractivity contribution in [1.29, 1.82) is 0 Å². The van der Waals surface area contributed by atoms with Crippen LogP contribution in [0.15, 0.2) is 35.9 Å². The van der Waals surface area contributed by atoms with Crippen molar-refractivity contribution >= 4 is 11.6 Å². The Morgan fingerprint density at radius 2 is 2.00 bits per heavy atom. The first kappa shape index (κ1) is 9.38. The Balaban J connectivity index is 1.82. The third-order valence-corrected chi connectivity index (χ3v) is 5.00. The van der Waals surface area contributed by atoms with E-state index < -0.39 is 0 Å². The van der Waals surface area contributed by atoms with Gasteiger partial charge in [-0.2, -0.15) is 0 Å². The lowest BCUT2D eigenvalue weighted by molar-refractivity contribution is 0.987. The maximum absolute atomic E-state index is 2.48. The molecule has 0 amide bonds. The second-order valence-corrected chi connectivity index (χ2v) is 6.07. The van der Waals surface area contributed by atoms with Crippen LogP contribution in [0.5, 0.6) is 0 Å². The van der Waals surface area contributed by atoms with E-state index in [4.69, 9.17) is 0 Å². The van der Waals surface area contributed by atoms with Gasteiger partial charge in [-0.05, 0) is 70.9 Å². The molecular weight excluding hydrogens is 216 g/mol. The molecule has 0 N–H and O–H groups in total. The van der Waals surface area contributed by atoms with Crippen LogP contribution < -0.4 is 0 Å². The number of hydrogen-bond acceptors (Lipinski definition) is 0. The molecule has 0 saturated heterocycles. The van der Waals surface area contributed by atoms with Crippen molar-refractivity contribution in [1.82, 2.24) is 0 Å². The van der Waals surface area contributed by atoms with Crippen molar-refractivity contribution in [3.63, 3.8) is 0 Å². The van der Waals surface area contributed by atoms with Crippen molar-refractivity contribution in [2.75, 3.05) is 0 Å². The maximum atomic E-state index is 2.48. The lowest BCUT2D eigenvalue weighted by Gasteiger charge is -2.17. The highest BCUT2D eigenvalue weighted by molar-refractivity contribution is 5.90. The molecule has 1 saturated carbocycles. The second kappa shape index (κ2) is 3.06. The third-order valence-electron chi connectivity index (χ3n) is 5.00. The Kier molecular flexibility index (Phi) is 1.59. The number of hydrogen-bond donors (Lipinski definition) is 0. The fourth-order valence-corrected chi connectivity index (χ4v) is 4.04. The fourth-order valence-electron chi connectivity index (χ4n) is 4.04. The zero-order valence-corrected chi connectivity index (χ0v) is 10.4. The molecule has 0 radical (unpaired) electrons. The molecule has 4 aliphatic carbocycles. The standard InChI is InChI=1S/C18H16/c1-2-4-15-12(3-1)9-14-8-6-11-5-7-13-10-16(13)17(11)18(14)15/h3-8,13,16H,1-2,9-10H2. The number of rotatable bonds is 0. The first-order valence-electron chi connectivity index (χ1n) is 7.16. The predicted molar refractivity (Wildman–Crippen MR) is 75.3 cm³/mol. The normalized spacial score (nSPS) is 29.8. The van der Waals surface area contributed by atoms with Crippen molar-refractivity contribution in [3.05, 3.63) is 58.2 Å². The van der Waals surface area contributed by atoms with Gasteiger partial charge in [0.1, 0.15) is 0 Å². The molecule has 0 spiro atoms. The Hall–Kier alpha value is -1.56. The van der Waals surface area contributed by atoms with E-state index in [2.05, 4.69) is 36.4 Å². The third kappa shape index (κ3) is 1.07. The van der Waals surface area contributed by atoms with Gasteiger partial charge in [-0.3, -0.25) is 0 Å². The minimum Gasteiger partial charge on any atom is -0.0802 e. The van der Waals surface area contributed by atoms with Crippen LogP contribution in [-0.4, -0.2) is 0 Å². The van der Waals surface area contributed by atoms with Gasteiger partial charge in [-0.25, -0.2) is 0 Å². The monoisotopic (exact) mass is 232 g/mol. The van der Waals surface area contributed by atoms with Gasteiger partial charge in [0.05, 0.1) is 0 Å². The van der Waals surface area contributed by atoms with Crippen LogP contribution in [0.1, 0.15) is 47.4 Å². The van der Waals surface area contributed by atoms with Crippen LogP contribution in [0.2, 0.25) is 0 Å². The summed E-state index contributed by atoms with van der Waals surface area (Å²) in [6.07, 6.45) is 14.7. The van der Waals surface area contributed by atoms with Crippen molar-refractivity contribution in [2.24, 2.45) is 5.92 Å². The molecule has 0 aliphatic heterocycles. The Bertz CT molecular complexity index is 655. The Labute approximate surface area is 108 Å². The summed E-state index contributed by atoms with van der Waals surface area (Å²) in [6, 6.07) is 4.71. The van der Waals surface area contributed by atoms with Gasteiger partial charge in [0.2, 0.25) is 0 Å². The summed E-state index contributed by atoms with van der Waals surface area (Å²) in [5.41, 5.74) is 9.53. The van der Waals surface area contributed by atoms with Crippen LogP contribution in [-0.2, 0) is 6.42 Å². The summed E-state index contributed by atoms with van der Waals surface area (Å²) in [7, 11) is 0. The van der Waals surface area contributed by atoms with Gasteiger partial charge in [-0.15, -0.1) is 0 Å². The largest absolute Gasteiger partial charge is 0.0802 e. The highest BCUT2D eigenvalue weighted by Gasteiger charge is 2.43. The Morgan fingerprint density at radius 3 is 3.00 bits per heavy atom. The second-order valence-electron chi connectivity index (χ2n) is 6.07. The van der Waals surface area contributed by atoms with Crippen LogP contribution >= 0.6 is 0 Å². The smallest absolute Gasteiger partial charge is 0.00166 e. The average molecular weight is 232 g/mol. The molecular formula is C18H16. The number of fused-ring (bicyclic) bond motifs is 7. The predicted octanol–water partition coefficient (Wildman–Crippen LogP) is 4.48. The molecule has 5 rings (SSSR count). The summed E-state index contributed by atoms with van der Waals surface area (Å²) < 4.78 is 0. The molecule has 1 aromatic carbocycles. The lowest BCUT2D eigenvalue weighted by Crippen LogP contribution is -1.99. The summed E-state index contributed by atoms with van der Waals surface area (Å²) >= 11 is 0. The zero-order valence-electron chi connectivity index (χ0n) is 10.4. The molecule has 0 bridgehead atoms. The van der Waals surface area contributed by atoms with Crippen molar-refractivity contribution < 1.29 is 0 Å². The summed E-state index contributed by atoms with van der Waals surface area (Å²) in [5, 5.41) is 0. The van der Waals surface area contributed by atoms with E-state index in [1.807, 2.05) is 0 Å². The quantitative estimate of drug-likeness (QED) is 0.619. The van der Waals surface area contributed by atoms with Gasteiger partial charge in [0, 0.05) is 0 Å². The van der Waals surface area contributed by atoms with E-state index in [-0.39, 0.29) is 0 Å². The van der Waals surface area contributed by atoms with Crippen molar-refractivity contribution in [3.8, 4) is 0 Å². The number of allylic oxidation sites excluding steroid dienone is 5. The first-order chi connectivity index (χ1) is 8.92. The molecule has 18 heavy (non-hydrogen) atoms. The summed E-state index contributed by atoms with van der Waals surface area (Å²) in [4.78, 5) is 0. The van der Waals surface area contributed by atoms with Gasteiger partial charge >= 0.3 is 0 Å². The van der Waals surface area contributed by atoms with E-state index in [1.165, 1.54) is 31.2 Å². The van der Waals surface area contributed by atoms with Gasteiger partial charge < -0.3 is 0 Å². The zero-order chi connectivity index (χ0) is 11.7. The van der Waals surface area contributed by atoms with Crippen LogP contribution in [0.4, 0.5) is 0 Å². The molecule has 0 nitrogen and oxygen atoms in total. The van der Waals surface area contributed by atoms with Crippen LogP contribution in [0.3, 0.4) is 0 Å². The van der Waals surface area contributed by atoms with Crippen LogP contribution in [0.25, 0.3) is 11.6 Å². The topological polar surface area (TPSA) is 0 Å². The molecule has 1 aromatic rings. The van der Waals surface area contributed by atoms with E-state index in [1.54, 1.807) is 27.8 Å². The molecule has 2 atom stereocenters. The summed E-state index contributed by atoms with van der Waals surface area (Å²) in [6.45, 7) is 0. The van der Waals surface area contributed by atoms with E-state index in [0.29, 0.717) is 0 Å². The molecule has 0 heterocycles. The van der Waals surface area contributed by atoms with Gasteiger partial charge in [0.25, 0.3) is 0 Å². The van der Waals surface area contributed by atoms with Gasteiger partial charge in [-0.1, -0.05) is 36.4 Å². The molecule has 0 aromatic heterocycles. The molecule has 0 heteroatoms. The fraction of sp³-hybridized carbons (Fsp3) is 0.333. The average Bonchev–Trinajstić information content (AvgIpc) is 3.11. The van der Waals surface area contributed by atoms with E-state index >= 15 is 0 Å². The molecule has 2 unspecified atom stereocenters. The van der Waals surface area contributed by atoms with E-state index in [9.17, 15) is 0 Å². The maximum Gasteiger partial charge on any atom is -0.00166 e. The summed E-state index contributed by atoms with van der Waals surface area (Å²) in [5.74, 6) is 1.68. The molecule has 88 valence electrons. The Morgan fingerprint density at radius 1 is 1.06 bits per heavy atom. The van der Waals surface area contributed by atoms with E-state index in [0.717, 1.165) is 11.8 Å². The minimum absolute atomic E-state index is 0.835. The minimum atomic E-state index is 0.835. The highest BCUT2D eigenvalue weighted by atomic mass is 14.5. The van der Waals surface area contributed by atoms with Gasteiger partial charge in [0.15, 0.2) is 0 Å². The van der Waals surface area contributed by atoms with Crippen molar-refractivity contribution in [2.45, 2.75) is 31.6 Å².